The van der Waals surface area contributed by atoms with Gasteiger partial charge in [0.2, 0.25) is 5.95 Å². The zero-order valence-electron chi connectivity index (χ0n) is 22.3. The van der Waals surface area contributed by atoms with Crippen molar-refractivity contribution in [3.8, 4) is 39.9 Å². The van der Waals surface area contributed by atoms with E-state index in [1.807, 2.05) is 65.2 Å². The average Bonchev–Trinajstić information content (AvgIpc) is 3.56. The Labute approximate surface area is 232 Å². The van der Waals surface area contributed by atoms with Gasteiger partial charge in [0.05, 0.1) is 0 Å². The van der Waals surface area contributed by atoms with Gasteiger partial charge in [-0.3, -0.25) is 4.57 Å². The summed E-state index contributed by atoms with van der Waals surface area (Å²) in [7, 11) is 0. The lowest BCUT2D eigenvalue weighted by Crippen LogP contribution is -2.31. The van der Waals surface area contributed by atoms with Crippen molar-refractivity contribution in [2.45, 2.75) is 19.3 Å². The normalized spacial score (nSPS) is 14.8. The number of fused-ring (bicyclic) bond motifs is 5. The molecule has 190 valence electrons. The molecule has 0 radical (unpaired) electrons. The van der Waals surface area contributed by atoms with Gasteiger partial charge >= 0.3 is 0 Å². The Bertz CT molecular complexity index is 2010. The van der Waals surface area contributed by atoms with Crippen LogP contribution in [0.2, 0.25) is 0 Å². The van der Waals surface area contributed by atoms with Crippen molar-refractivity contribution in [1.29, 1.82) is 0 Å². The van der Waals surface area contributed by atoms with E-state index in [4.69, 9.17) is 15.0 Å². The van der Waals surface area contributed by atoms with Crippen molar-refractivity contribution >= 4 is 17.7 Å². The molecule has 4 aromatic rings. The molecule has 8 rings (SSSR count). The molecule has 40 heavy (non-hydrogen) atoms. The molecule has 0 spiro atoms. The molecule has 0 fully saturated rings. The van der Waals surface area contributed by atoms with Crippen LogP contribution in [0.25, 0.3) is 57.6 Å². The first kappa shape index (κ1) is 22.9. The Morgan fingerprint density at radius 1 is 0.650 bits per heavy atom. The maximum Gasteiger partial charge on any atom is 0.237 e. The van der Waals surface area contributed by atoms with E-state index >= 15 is 0 Å². The summed E-state index contributed by atoms with van der Waals surface area (Å²) in [6.45, 7) is 4.70. The van der Waals surface area contributed by atoms with Gasteiger partial charge < -0.3 is 0 Å². The van der Waals surface area contributed by atoms with Gasteiger partial charge in [0.15, 0.2) is 11.6 Å². The third-order valence-corrected chi connectivity index (χ3v) is 8.17. The number of hydrogen-bond donors (Lipinski definition) is 0. The Kier molecular flexibility index (Phi) is 4.83. The minimum absolute atomic E-state index is 0.160. The molecule has 0 amide bonds. The summed E-state index contributed by atoms with van der Waals surface area (Å²) in [5, 5.41) is 2.63. The van der Waals surface area contributed by atoms with E-state index in [1.165, 1.54) is 43.8 Å². The fourth-order valence-electron chi connectivity index (χ4n) is 6.44. The van der Waals surface area contributed by atoms with E-state index in [0.717, 1.165) is 11.1 Å². The van der Waals surface area contributed by atoms with E-state index in [2.05, 4.69) is 74.8 Å². The van der Waals surface area contributed by atoms with Gasteiger partial charge in [-0.15, -0.1) is 0 Å². The Balaban J connectivity index is 1.34. The Morgan fingerprint density at radius 2 is 1.30 bits per heavy atom. The molecule has 3 aromatic carbocycles. The smallest absolute Gasteiger partial charge is 0.237 e. The number of hydrogen-bond acceptors (Lipinski definition) is 3. The Morgan fingerprint density at radius 3 is 2.00 bits per heavy atom. The van der Waals surface area contributed by atoms with Crippen LogP contribution in [0.1, 0.15) is 25.0 Å². The third kappa shape index (κ3) is 3.43. The lowest BCUT2D eigenvalue weighted by atomic mass is 9.70. The number of nitrogens with zero attached hydrogens (tertiary/aromatic N) is 4. The maximum atomic E-state index is 4.94. The van der Waals surface area contributed by atoms with Crippen LogP contribution in [0.4, 0.5) is 0 Å². The monoisotopic (exact) mass is 514 g/mol. The van der Waals surface area contributed by atoms with E-state index in [1.54, 1.807) is 0 Å². The summed E-state index contributed by atoms with van der Waals surface area (Å²) in [5.74, 6) is 1.91. The fraction of sp³-hybridized carbons (Fsp3) is 0.0833. The van der Waals surface area contributed by atoms with Gasteiger partial charge in [-0.05, 0) is 62.6 Å². The largest absolute Gasteiger partial charge is 0.292 e. The van der Waals surface area contributed by atoms with Crippen LogP contribution in [0, 0.1) is 0 Å². The quantitative estimate of drug-likeness (QED) is 0.274. The first-order valence-corrected chi connectivity index (χ1v) is 13.6. The van der Waals surface area contributed by atoms with Gasteiger partial charge in [0.25, 0.3) is 0 Å². The molecule has 0 N–H and O–H groups in total. The molecule has 4 heteroatoms. The Hall–Kier alpha value is -5.09. The molecule has 3 aliphatic carbocycles. The van der Waals surface area contributed by atoms with E-state index in [0.29, 0.717) is 17.6 Å². The van der Waals surface area contributed by atoms with Crippen molar-refractivity contribution in [2.75, 3.05) is 0 Å². The maximum absolute atomic E-state index is 4.94. The molecule has 0 atom stereocenters. The standard InChI is InChI=1S/C36H26N4/c1-36(2)31-27(19-25-15-9-10-16-29(25)31)21-28-20-26-17-18-40(22-30(26)32(28)36)35-38-33(23-11-5-3-6-12-23)37-34(39-35)24-13-7-4-8-14-24/h3-22H,1-2H3. The summed E-state index contributed by atoms with van der Waals surface area (Å²) in [6.07, 6.45) is 8.93. The van der Waals surface area contributed by atoms with Gasteiger partial charge in [-0.1, -0.05) is 98.8 Å². The SMILES string of the molecule is CC1(C)C2=c3ccccc3=CC2=Cc2cc3ccn(-c4nc(-c5ccccc5)nc(-c5ccccc5)n4)cc-3c21. The minimum atomic E-state index is -0.160. The molecule has 4 aliphatic rings. The van der Waals surface area contributed by atoms with Gasteiger partial charge in [0.1, 0.15) is 0 Å². The topological polar surface area (TPSA) is 43.6 Å². The number of pyridine rings is 1. The highest BCUT2D eigenvalue weighted by Gasteiger charge is 2.38. The van der Waals surface area contributed by atoms with Crippen molar-refractivity contribution in [3.05, 3.63) is 137 Å². The molecule has 2 heterocycles. The third-order valence-electron chi connectivity index (χ3n) is 8.17. The molecule has 1 aromatic heterocycles. The molecular formula is C36H26N4. The predicted molar refractivity (Wildman–Crippen MR) is 161 cm³/mol. The molecule has 0 bridgehead atoms. The molecule has 4 nitrogen and oxygen atoms in total. The van der Waals surface area contributed by atoms with Crippen LogP contribution in [0.3, 0.4) is 0 Å². The van der Waals surface area contributed by atoms with Gasteiger partial charge in [0, 0.05) is 34.5 Å². The highest BCUT2D eigenvalue weighted by atomic mass is 15.2. The summed E-state index contributed by atoms with van der Waals surface area (Å²) in [4.78, 5) is 14.7. The van der Waals surface area contributed by atoms with Crippen LogP contribution in [-0.2, 0) is 5.41 Å². The zero-order chi connectivity index (χ0) is 26.8. The van der Waals surface area contributed by atoms with Crippen molar-refractivity contribution in [1.82, 2.24) is 19.5 Å². The van der Waals surface area contributed by atoms with E-state index in [-0.39, 0.29) is 5.41 Å². The number of aromatic nitrogens is 4. The van der Waals surface area contributed by atoms with Crippen LogP contribution in [-0.4, -0.2) is 19.5 Å². The molecule has 1 aliphatic heterocycles. The highest BCUT2D eigenvalue weighted by Crippen LogP contribution is 2.50. The first-order chi connectivity index (χ1) is 19.6. The summed E-state index contributed by atoms with van der Waals surface area (Å²) < 4.78 is 2.04. The second-order valence-corrected chi connectivity index (χ2v) is 11.0. The summed E-state index contributed by atoms with van der Waals surface area (Å²) >= 11 is 0. The average molecular weight is 515 g/mol. The summed E-state index contributed by atoms with van der Waals surface area (Å²) in [5.41, 5.74) is 9.55. The van der Waals surface area contributed by atoms with E-state index < -0.39 is 0 Å². The van der Waals surface area contributed by atoms with Gasteiger partial charge in [-0.25, -0.2) is 4.98 Å². The minimum Gasteiger partial charge on any atom is -0.292 e. The molecule has 0 unspecified atom stereocenters. The van der Waals surface area contributed by atoms with Gasteiger partial charge in [-0.2, -0.15) is 9.97 Å². The van der Waals surface area contributed by atoms with Crippen molar-refractivity contribution in [2.24, 2.45) is 0 Å². The second kappa shape index (κ2) is 8.45. The first-order valence-electron chi connectivity index (χ1n) is 13.6. The van der Waals surface area contributed by atoms with Crippen LogP contribution in [0.15, 0.2) is 115 Å². The fourth-order valence-corrected chi connectivity index (χ4v) is 6.44. The number of allylic oxidation sites excluding steroid dienone is 1. The number of rotatable bonds is 3. The predicted octanol–water partition coefficient (Wildman–Crippen LogP) is 6.42. The molecular weight excluding hydrogens is 488 g/mol. The van der Waals surface area contributed by atoms with Crippen molar-refractivity contribution in [3.63, 3.8) is 0 Å². The van der Waals surface area contributed by atoms with Crippen molar-refractivity contribution < 1.29 is 0 Å². The summed E-state index contributed by atoms with van der Waals surface area (Å²) in [6, 6.07) is 33.4. The van der Waals surface area contributed by atoms with Crippen LogP contribution >= 0.6 is 0 Å². The second-order valence-electron chi connectivity index (χ2n) is 11.0. The molecule has 0 saturated heterocycles. The highest BCUT2D eigenvalue weighted by molar-refractivity contribution is 6.00. The molecule has 0 saturated carbocycles. The zero-order valence-corrected chi connectivity index (χ0v) is 22.3. The lowest BCUT2D eigenvalue weighted by Gasteiger charge is -2.33. The number of benzene rings is 3. The van der Waals surface area contributed by atoms with Crippen LogP contribution < -0.4 is 10.4 Å². The lowest BCUT2D eigenvalue weighted by molar-refractivity contribution is 0.689. The van der Waals surface area contributed by atoms with Crippen LogP contribution in [0.5, 0.6) is 0 Å². The van der Waals surface area contributed by atoms with E-state index in [9.17, 15) is 0 Å².